The first-order chi connectivity index (χ1) is 25.0. The van der Waals surface area contributed by atoms with Crippen LogP contribution in [0, 0.1) is 6.92 Å². The predicted molar refractivity (Wildman–Crippen MR) is 233 cm³/mol. The number of fused-ring (bicyclic) bond motifs is 10. The van der Waals surface area contributed by atoms with Crippen molar-refractivity contribution in [2.45, 2.75) is 111 Å². The summed E-state index contributed by atoms with van der Waals surface area (Å²) in [4.78, 5) is 2.69. The van der Waals surface area contributed by atoms with Crippen LogP contribution in [-0.2, 0) is 21.7 Å². The molecule has 0 N–H and O–H groups in total. The highest BCUT2D eigenvalue weighted by Gasteiger charge is 2.45. The van der Waals surface area contributed by atoms with Crippen LogP contribution >= 0.6 is 11.3 Å². The van der Waals surface area contributed by atoms with Crippen LogP contribution in [-0.4, -0.2) is 11.3 Å². The molecule has 2 nitrogen and oxygen atoms in total. The molecule has 0 spiro atoms. The highest BCUT2D eigenvalue weighted by molar-refractivity contribution is 7.26. The SMILES string of the molecule is Cc1cc2c(cc1N1c3cc(C(C)(C)C)ccc3B3c4c1cc(C(C)(C)C)cc4-n1c4c3cccc4c3sc4ccccc4c31)C(C)(C)CCC2(C)C. The molecule has 0 fully saturated rings. The molecule has 266 valence electrons. The van der Waals surface area contributed by atoms with E-state index in [1.807, 2.05) is 11.3 Å². The van der Waals surface area contributed by atoms with Crippen molar-refractivity contribution in [3.63, 3.8) is 0 Å². The summed E-state index contributed by atoms with van der Waals surface area (Å²) in [6, 6.07) is 33.8. The molecule has 0 unspecified atom stereocenters. The van der Waals surface area contributed by atoms with Crippen molar-refractivity contribution in [3.05, 3.63) is 113 Å². The fourth-order valence-corrected chi connectivity index (χ4v) is 11.2. The van der Waals surface area contributed by atoms with Gasteiger partial charge < -0.3 is 9.47 Å². The lowest BCUT2D eigenvalue weighted by atomic mass is 9.33. The van der Waals surface area contributed by atoms with E-state index in [-0.39, 0.29) is 28.4 Å². The zero-order valence-electron chi connectivity index (χ0n) is 33.4. The van der Waals surface area contributed by atoms with Crippen molar-refractivity contribution in [2.24, 2.45) is 0 Å². The summed E-state index contributed by atoms with van der Waals surface area (Å²) in [5.41, 5.74) is 19.7. The summed E-state index contributed by atoms with van der Waals surface area (Å²) in [6.45, 7) is 26.5. The summed E-state index contributed by atoms with van der Waals surface area (Å²) in [5, 5.41) is 2.72. The van der Waals surface area contributed by atoms with E-state index in [0.717, 1.165) is 0 Å². The van der Waals surface area contributed by atoms with Crippen LogP contribution < -0.4 is 21.3 Å². The van der Waals surface area contributed by atoms with Crippen molar-refractivity contribution < 1.29 is 0 Å². The quantitative estimate of drug-likeness (QED) is 0.154. The Morgan fingerprint density at radius 2 is 1.25 bits per heavy atom. The van der Waals surface area contributed by atoms with Crippen LogP contribution in [0.4, 0.5) is 17.1 Å². The lowest BCUT2D eigenvalue weighted by Gasteiger charge is -2.45. The third-order valence-corrected chi connectivity index (χ3v) is 14.5. The van der Waals surface area contributed by atoms with E-state index in [2.05, 4.69) is 171 Å². The predicted octanol–water partition coefficient (Wildman–Crippen LogP) is 11.9. The van der Waals surface area contributed by atoms with Gasteiger partial charge in [-0.15, -0.1) is 11.3 Å². The molecule has 4 heterocycles. The van der Waals surface area contributed by atoms with Gasteiger partial charge in [-0.3, -0.25) is 0 Å². The summed E-state index contributed by atoms with van der Waals surface area (Å²) in [6.07, 6.45) is 2.41. The largest absolute Gasteiger partial charge is 0.311 e. The second kappa shape index (κ2) is 10.5. The third kappa shape index (κ3) is 4.51. The summed E-state index contributed by atoms with van der Waals surface area (Å²) < 4.78 is 5.42. The van der Waals surface area contributed by atoms with Crippen LogP contribution in [0.2, 0.25) is 0 Å². The van der Waals surface area contributed by atoms with Crippen LogP contribution in [0.25, 0.3) is 36.9 Å². The molecule has 2 aliphatic heterocycles. The molecule has 5 aromatic carbocycles. The van der Waals surface area contributed by atoms with Gasteiger partial charge in [-0.05, 0) is 116 Å². The van der Waals surface area contributed by atoms with E-state index in [1.54, 1.807) is 0 Å². The van der Waals surface area contributed by atoms with Gasteiger partial charge in [0.25, 0.3) is 6.71 Å². The second-order valence-corrected chi connectivity index (χ2v) is 20.8. The molecule has 7 aromatic rings. The minimum absolute atomic E-state index is 0.0169. The first kappa shape index (κ1) is 33.3. The Balaban J connectivity index is 1.39. The number of nitrogens with zero attached hydrogens (tertiary/aromatic N) is 2. The molecule has 0 amide bonds. The number of benzene rings is 5. The number of thiophene rings is 1. The number of hydrogen-bond donors (Lipinski definition) is 0. The average molecular weight is 711 g/mol. The van der Waals surface area contributed by atoms with Crippen molar-refractivity contribution >= 4 is 82.7 Å². The van der Waals surface area contributed by atoms with Crippen molar-refractivity contribution in [1.29, 1.82) is 0 Å². The van der Waals surface area contributed by atoms with Gasteiger partial charge in [-0.25, -0.2) is 0 Å². The number of aromatic nitrogens is 1. The highest BCUT2D eigenvalue weighted by Crippen LogP contribution is 2.51. The average Bonchev–Trinajstić information content (AvgIpc) is 3.63. The van der Waals surface area contributed by atoms with E-state index in [0.29, 0.717) is 0 Å². The van der Waals surface area contributed by atoms with E-state index in [1.165, 1.54) is 111 Å². The molecule has 3 aliphatic rings. The van der Waals surface area contributed by atoms with Crippen LogP contribution in [0.15, 0.2) is 84.9 Å². The molecule has 0 atom stereocenters. The maximum Gasteiger partial charge on any atom is 0.252 e. The Bertz CT molecular complexity index is 2720. The summed E-state index contributed by atoms with van der Waals surface area (Å²) in [5.74, 6) is 0. The van der Waals surface area contributed by atoms with Gasteiger partial charge in [-0.2, -0.15) is 0 Å². The number of aryl methyl sites for hydroxylation is 1. The monoisotopic (exact) mass is 710 g/mol. The van der Waals surface area contributed by atoms with Crippen LogP contribution in [0.3, 0.4) is 0 Å². The molecule has 0 saturated carbocycles. The van der Waals surface area contributed by atoms with Gasteiger partial charge in [0.1, 0.15) is 0 Å². The van der Waals surface area contributed by atoms with Crippen molar-refractivity contribution in [1.82, 2.24) is 4.57 Å². The van der Waals surface area contributed by atoms with Crippen molar-refractivity contribution in [2.75, 3.05) is 4.90 Å². The lowest BCUT2D eigenvalue weighted by Crippen LogP contribution is -2.60. The number of para-hydroxylation sites is 1. The van der Waals surface area contributed by atoms with Gasteiger partial charge in [0.05, 0.1) is 15.7 Å². The standard InChI is InChI=1S/C49H51BN2S/c1-28-23-33-34(49(10,11)22-21-48(33,8)9)27-37(28)51-38-24-29(46(2,3)4)19-20-35(38)50-36-17-14-16-32-43(36)52(44-31-15-12-13-18-41(31)53-45(32)44)40-26-30(47(5,6)7)25-39(51)42(40)50/h12-20,23-27H,21-22H2,1-11H3. The highest BCUT2D eigenvalue weighted by atomic mass is 32.1. The Morgan fingerprint density at radius 1 is 0.604 bits per heavy atom. The molecule has 0 radical (unpaired) electrons. The number of hydrogen-bond acceptors (Lipinski definition) is 2. The first-order valence-electron chi connectivity index (χ1n) is 19.7. The van der Waals surface area contributed by atoms with Crippen LogP contribution in [0.1, 0.15) is 110 Å². The summed E-state index contributed by atoms with van der Waals surface area (Å²) in [7, 11) is 0. The lowest BCUT2D eigenvalue weighted by molar-refractivity contribution is 0.332. The molecular weight excluding hydrogens is 659 g/mol. The van der Waals surface area contributed by atoms with E-state index in [9.17, 15) is 0 Å². The molecule has 0 bridgehead atoms. The van der Waals surface area contributed by atoms with Gasteiger partial charge in [0.2, 0.25) is 0 Å². The molecule has 1 aliphatic carbocycles. The fourth-order valence-electron chi connectivity index (χ4n) is 10.0. The smallest absolute Gasteiger partial charge is 0.252 e. The minimum Gasteiger partial charge on any atom is -0.311 e. The Morgan fingerprint density at radius 3 is 1.96 bits per heavy atom. The van der Waals surface area contributed by atoms with Gasteiger partial charge in [0, 0.05) is 38.2 Å². The molecule has 10 rings (SSSR count). The molecule has 53 heavy (non-hydrogen) atoms. The molecular formula is C49H51BN2S. The maximum atomic E-state index is 2.69. The second-order valence-electron chi connectivity index (χ2n) is 19.8. The van der Waals surface area contributed by atoms with Crippen LogP contribution in [0.5, 0.6) is 0 Å². The molecule has 4 heteroatoms. The minimum atomic E-state index is -0.0454. The molecule has 2 aromatic heterocycles. The van der Waals surface area contributed by atoms with Gasteiger partial charge >= 0.3 is 0 Å². The Kier molecular flexibility index (Phi) is 6.58. The zero-order chi connectivity index (χ0) is 37.1. The maximum absolute atomic E-state index is 2.69. The van der Waals surface area contributed by atoms with E-state index >= 15 is 0 Å². The first-order valence-corrected chi connectivity index (χ1v) is 20.5. The van der Waals surface area contributed by atoms with E-state index in [4.69, 9.17) is 0 Å². The summed E-state index contributed by atoms with van der Waals surface area (Å²) >= 11 is 1.95. The van der Waals surface area contributed by atoms with Gasteiger partial charge in [-0.1, -0.05) is 124 Å². The topological polar surface area (TPSA) is 8.17 Å². The number of anilines is 3. The normalized spacial score (nSPS) is 17.0. The number of rotatable bonds is 1. The Labute approximate surface area is 319 Å². The zero-order valence-corrected chi connectivity index (χ0v) is 34.2. The van der Waals surface area contributed by atoms with Gasteiger partial charge in [0.15, 0.2) is 0 Å². The Hall–Kier alpha value is -4.28. The van der Waals surface area contributed by atoms with Crippen molar-refractivity contribution in [3.8, 4) is 5.69 Å². The fraction of sp³-hybridized carbons (Fsp3) is 0.347. The third-order valence-electron chi connectivity index (χ3n) is 13.3. The van der Waals surface area contributed by atoms with E-state index < -0.39 is 0 Å². The molecule has 0 saturated heterocycles.